The van der Waals surface area contributed by atoms with Crippen LogP contribution in [0.25, 0.3) is 0 Å². The van der Waals surface area contributed by atoms with Crippen molar-refractivity contribution in [3.8, 4) is 0 Å². The molecule has 0 amide bonds. The van der Waals surface area contributed by atoms with Crippen LogP contribution in [0.2, 0.25) is 7.87 Å². The van der Waals surface area contributed by atoms with Gasteiger partial charge in [0, 0.05) is 0 Å². The van der Waals surface area contributed by atoms with Crippen molar-refractivity contribution in [1.29, 1.82) is 0 Å². The van der Waals surface area contributed by atoms with Gasteiger partial charge in [0.05, 0.1) is 0 Å². The molecule has 2 unspecified atom stereocenters. The van der Waals surface area contributed by atoms with E-state index in [1.165, 1.54) is 13.1 Å². The van der Waals surface area contributed by atoms with Crippen LogP contribution in [0.15, 0.2) is 0 Å². The first kappa shape index (κ1) is 13.7. The summed E-state index contributed by atoms with van der Waals surface area (Å²) in [5.41, 5.74) is 0. The Labute approximate surface area is 93.9 Å². The zero-order valence-corrected chi connectivity index (χ0v) is 12.8. The standard InChI is InChI=1S/2C5H12N.Sn/c2*1-4-5-6(2)3;/h2*4H,5H2,1-3H3;. The Morgan fingerprint density at radius 3 is 1.38 bits per heavy atom. The molecule has 2 radical (unpaired) electrons. The average molecular weight is 291 g/mol. The molecule has 0 aromatic rings. The van der Waals surface area contributed by atoms with Gasteiger partial charge < -0.3 is 0 Å². The van der Waals surface area contributed by atoms with Crippen LogP contribution in [0, 0.1) is 0 Å². The Kier molecular flexibility index (Phi) is 7.46. The van der Waals surface area contributed by atoms with Gasteiger partial charge in [0.15, 0.2) is 0 Å². The molecule has 0 N–H and O–H groups in total. The summed E-state index contributed by atoms with van der Waals surface area (Å²) in [5.74, 6) is 0. The van der Waals surface area contributed by atoms with Crippen molar-refractivity contribution in [3.63, 3.8) is 0 Å². The van der Waals surface area contributed by atoms with Crippen molar-refractivity contribution >= 4 is 21.1 Å². The molecule has 2 atom stereocenters. The maximum atomic E-state index is 2.42. The molecule has 3 heteroatoms. The van der Waals surface area contributed by atoms with Crippen molar-refractivity contribution in [2.75, 3.05) is 41.3 Å². The Morgan fingerprint density at radius 1 is 0.846 bits per heavy atom. The number of hydrogen-bond acceptors (Lipinski definition) is 2. The molecule has 0 saturated carbocycles. The van der Waals surface area contributed by atoms with Crippen molar-refractivity contribution in [2.24, 2.45) is 0 Å². The number of nitrogens with zero attached hydrogens (tertiary/aromatic N) is 2. The third-order valence-corrected chi connectivity index (χ3v) is 6.14. The van der Waals surface area contributed by atoms with Crippen LogP contribution in [0.3, 0.4) is 0 Å². The van der Waals surface area contributed by atoms with Gasteiger partial charge in [0.25, 0.3) is 0 Å². The fraction of sp³-hybridized carbons (Fsp3) is 1.00. The van der Waals surface area contributed by atoms with Crippen LogP contribution in [0.1, 0.15) is 13.8 Å². The van der Waals surface area contributed by atoms with Gasteiger partial charge in [-0.1, -0.05) is 0 Å². The van der Waals surface area contributed by atoms with E-state index in [1.807, 2.05) is 0 Å². The molecule has 0 fully saturated rings. The molecule has 0 aliphatic rings. The minimum absolute atomic E-state index is 0.186. The summed E-state index contributed by atoms with van der Waals surface area (Å²) in [5, 5.41) is 0. The maximum absolute atomic E-state index is 2.42. The Balaban J connectivity index is 3.58. The van der Waals surface area contributed by atoms with E-state index in [1.54, 1.807) is 0 Å². The number of hydrogen-bond donors (Lipinski definition) is 0. The molecule has 0 rings (SSSR count). The minimum atomic E-state index is -0.186. The molecule has 0 aliphatic carbocycles. The van der Waals surface area contributed by atoms with E-state index >= 15 is 0 Å². The third kappa shape index (κ3) is 9.03. The van der Waals surface area contributed by atoms with Crippen LogP contribution >= 0.6 is 0 Å². The molecule has 0 aliphatic heterocycles. The fourth-order valence-corrected chi connectivity index (χ4v) is 7.15. The second kappa shape index (κ2) is 7.07. The third-order valence-electron chi connectivity index (χ3n) is 1.85. The van der Waals surface area contributed by atoms with Gasteiger partial charge in [-0.3, -0.25) is 0 Å². The normalized spacial score (nSPS) is 16.6. The Morgan fingerprint density at radius 2 is 1.15 bits per heavy atom. The fourth-order valence-electron chi connectivity index (χ4n) is 1.69. The second-order valence-electron chi connectivity index (χ2n) is 4.49. The average Bonchev–Trinajstić information content (AvgIpc) is 1.80. The quantitative estimate of drug-likeness (QED) is 0.683. The van der Waals surface area contributed by atoms with Crippen LogP contribution in [0.4, 0.5) is 0 Å². The molecule has 0 aromatic carbocycles. The van der Waals surface area contributed by atoms with Crippen molar-refractivity contribution in [1.82, 2.24) is 9.80 Å². The summed E-state index contributed by atoms with van der Waals surface area (Å²) < 4.78 is 1.96. The summed E-state index contributed by atoms with van der Waals surface area (Å²) in [6, 6.07) is 0. The Bertz CT molecular complexity index is 112. The van der Waals surface area contributed by atoms with Gasteiger partial charge in [-0.15, -0.1) is 0 Å². The summed E-state index contributed by atoms with van der Waals surface area (Å²) in [7, 11) is 8.69. The molecule has 78 valence electrons. The first-order chi connectivity index (χ1) is 5.91. The second-order valence-corrected chi connectivity index (χ2v) is 11.1. The van der Waals surface area contributed by atoms with Gasteiger partial charge in [-0.05, 0) is 0 Å². The predicted molar refractivity (Wildman–Crippen MR) is 61.7 cm³/mol. The van der Waals surface area contributed by atoms with E-state index < -0.39 is 0 Å². The first-order valence-corrected chi connectivity index (χ1v) is 8.27. The summed E-state index contributed by atoms with van der Waals surface area (Å²) >= 11 is -0.186. The van der Waals surface area contributed by atoms with Crippen molar-refractivity contribution in [3.05, 3.63) is 0 Å². The van der Waals surface area contributed by atoms with Crippen molar-refractivity contribution < 1.29 is 0 Å². The van der Waals surface area contributed by atoms with Gasteiger partial charge in [-0.2, -0.15) is 0 Å². The van der Waals surface area contributed by atoms with E-state index in [4.69, 9.17) is 0 Å². The topological polar surface area (TPSA) is 6.48 Å². The van der Waals surface area contributed by atoms with Crippen molar-refractivity contribution in [2.45, 2.75) is 21.7 Å². The summed E-state index contributed by atoms with van der Waals surface area (Å²) in [4.78, 5) is 4.63. The molecular weight excluding hydrogens is 267 g/mol. The molecule has 0 heterocycles. The van der Waals surface area contributed by atoms with E-state index in [2.05, 4.69) is 51.8 Å². The first-order valence-electron chi connectivity index (χ1n) is 4.97. The van der Waals surface area contributed by atoms with E-state index in [0.29, 0.717) is 0 Å². The van der Waals surface area contributed by atoms with Crippen LogP contribution in [-0.2, 0) is 0 Å². The van der Waals surface area contributed by atoms with Crippen LogP contribution < -0.4 is 0 Å². The van der Waals surface area contributed by atoms with Gasteiger partial charge in [-0.25, -0.2) is 0 Å². The molecule has 0 aromatic heterocycles. The van der Waals surface area contributed by atoms with Gasteiger partial charge >= 0.3 is 93.9 Å². The summed E-state index contributed by atoms with van der Waals surface area (Å²) in [6.45, 7) is 7.39. The molecule has 13 heavy (non-hydrogen) atoms. The van der Waals surface area contributed by atoms with Crippen LogP contribution in [-0.4, -0.2) is 72.2 Å². The van der Waals surface area contributed by atoms with Crippen LogP contribution in [0.5, 0.6) is 0 Å². The zero-order valence-electron chi connectivity index (χ0n) is 9.96. The molecular formula is C10H24N2Sn. The molecule has 0 spiro atoms. The van der Waals surface area contributed by atoms with E-state index in [-0.39, 0.29) is 21.1 Å². The predicted octanol–water partition coefficient (Wildman–Crippen LogP) is 1.43. The van der Waals surface area contributed by atoms with E-state index in [0.717, 1.165) is 7.87 Å². The summed E-state index contributed by atoms with van der Waals surface area (Å²) in [6.07, 6.45) is 0. The molecule has 0 saturated heterocycles. The van der Waals surface area contributed by atoms with Gasteiger partial charge in [0.2, 0.25) is 0 Å². The monoisotopic (exact) mass is 292 g/mol. The van der Waals surface area contributed by atoms with Gasteiger partial charge in [0.1, 0.15) is 0 Å². The Hall–Kier alpha value is 0.719. The molecule has 0 bridgehead atoms. The number of rotatable bonds is 6. The SMILES string of the molecule is C[CH](CN(C)C)[Sn][CH](C)CN(C)C. The zero-order chi connectivity index (χ0) is 10.4. The molecule has 2 nitrogen and oxygen atoms in total. The van der Waals surface area contributed by atoms with E-state index in [9.17, 15) is 0 Å².